The summed E-state index contributed by atoms with van der Waals surface area (Å²) >= 11 is 0. The van der Waals surface area contributed by atoms with Gasteiger partial charge in [-0.25, -0.2) is 8.78 Å². The Kier molecular flexibility index (Phi) is 10.4. The molecule has 0 bridgehead atoms. The van der Waals surface area contributed by atoms with Crippen molar-refractivity contribution in [2.45, 2.75) is 77.7 Å². The van der Waals surface area contributed by atoms with E-state index in [9.17, 15) is 8.78 Å². The van der Waals surface area contributed by atoms with Crippen molar-refractivity contribution in [3.63, 3.8) is 0 Å². The second kappa shape index (κ2) is 12.7. The van der Waals surface area contributed by atoms with Crippen LogP contribution in [0.2, 0.25) is 0 Å². The highest BCUT2D eigenvalue weighted by molar-refractivity contribution is 5.34. The summed E-state index contributed by atoms with van der Waals surface area (Å²) in [4.78, 5) is 0. The zero-order chi connectivity index (χ0) is 21.9. The summed E-state index contributed by atoms with van der Waals surface area (Å²) in [6.07, 6.45) is 6.94. The molecule has 0 spiro atoms. The van der Waals surface area contributed by atoms with E-state index in [-0.39, 0.29) is 12.4 Å². The van der Waals surface area contributed by atoms with Crippen LogP contribution in [0.25, 0.3) is 0 Å². The standard InChI is InChI=1S/C22H28F2O3.C3H8/c1-3-4-18-11-7-16(13-26-18)15-5-9-19(10-6-15)27-14-17-8-12-20(25-2)22(24)21(17)23;1-3-2/h5-6,9-10,16,18H,3-4,7-8,11-14H2,1-2H3;3H2,1-2H3. The molecule has 0 amide bonds. The van der Waals surface area contributed by atoms with Gasteiger partial charge in [0, 0.05) is 17.9 Å². The first-order chi connectivity index (χ1) is 14.5. The SMILES string of the molecule is CCC.CCCC1CCC(c2ccc(OCC3=C(F)C(F)=C(OC)CC3)cc2)CO1. The van der Waals surface area contributed by atoms with Crippen LogP contribution >= 0.6 is 0 Å². The Morgan fingerprint density at radius 2 is 1.70 bits per heavy atom. The minimum atomic E-state index is -0.906. The van der Waals surface area contributed by atoms with Crippen LogP contribution in [0, 0.1) is 0 Å². The number of halogens is 2. The first-order valence-corrected chi connectivity index (χ1v) is 11.2. The van der Waals surface area contributed by atoms with Gasteiger partial charge in [-0.3, -0.25) is 0 Å². The second-order valence-electron chi connectivity index (χ2n) is 7.94. The van der Waals surface area contributed by atoms with Gasteiger partial charge in [0.05, 0.1) is 19.8 Å². The van der Waals surface area contributed by atoms with Crippen molar-refractivity contribution in [2.24, 2.45) is 0 Å². The maximum atomic E-state index is 14.0. The Bertz CT molecular complexity index is 702. The van der Waals surface area contributed by atoms with Gasteiger partial charge in [0.1, 0.15) is 18.1 Å². The van der Waals surface area contributed by atoms with E-state index < -0.39 is 11.7 Å². The lowest BCUT2D eigenvalue weighted by Crippen LogP contribution is -2.24. The molecule has 168 valence electrons. The Hall–Kier alpha value is -1.88. The highest BCUT2D eigenvalue weighted by Crippen LogP contribution is 2.33. The zero-order valence-electron chi connectivity index (χ0n) is 18.8. The smallest absolute Gasteiger partial charge is 0.196 e. The van der Waals surface area contributed by atoms with Crippen molar-refractivity contribution in [2.75, 3.05) is 20.3 Å². The molecule has 3 nitrogen and oxygen atoms in total. The van der Waals surface area contributed by atoms with Crippen molar-refractivity contribution < 1.29 is 23.0 Å². The minimum absolute atomic E-state index is 0.0425. The van der Waals surface area contributed by atoms with E-state index in [1.165, 1.54) is 19.1 Å². The summed E-state index contributed by atoms with van der Waals surface area (Å²) in [5, 5.41) is 0. The molecule has 2 atom stereocenters. The summed E-state index contributed by atoms with van der Waals surface area (Å²) in [6, 6.07) is 7.86. The Morgan fingerprint density at radius 1 is 1.00 bits per heavy atom. The van der Waals surface area contributed by atoms with Crippen molar-refractivity contribution in [1.82, 2.24) is 0 Å². The number of hydrogen-bond donors (Lipinski definition) is 0. The quantitative estimate of drug-likeness (QED) is 0.458. The predicted octanol–water partition coefficient (Wildman–Crippen LogP) is 7.39. The average Bonchev–Trinajstić information content (AvgIpc) is 2.77. The molecular formula is C25H36F2O3. The van der Waals surface area contributed by atoms with Gasteiger partial charge in [0.15, 0.2) is 11.7 Å². The lowest BCUT2D eigenvalue weighted by molar-refractivity contribution is -0.00112. The molecule has 0 aromatic heterocycles. The van der Waals surface area contributed by atoms with Crippen LogP contribution in [0.3, 0.4) is 0 Å². The average molecular weight is 423 g/mol. The molecule has 1 fully saturated rings. The van der Waals surface area contributed by atoms with E-state index >= 15 is 0 Å². The number of hydrogen-bond acceptors (Lipinski definition) is 3. The normalized spacial score (nSPS) is 21.8. The monoisotopic (exact) mass is 422 g/mol. The topological polar surface area (TPSA) is 27.7 Å². The van der Waals surface area contributed by atoms with Crippen LogP contribution in [0.5, 0.6) is 5.75 Å². The lowest BCUT2D eigenvalue weighted by Gasteiger charge is -2.29. The highest BCUT2D eigenvalue weighted by atomic mass is 19.2. The van der Waals surface area contributed by atoms with Gasteiger partial charge < -0.3 is 14.2 Å². The van der Waals surface area contributed by atoms with Crippen molar-refractivity contribution in [3.8, 4) is 5.75 Å². The molecule has 1 aromatic rings. The largest absolute Gasteiger partial charge is 0.498 e. The molecule has 1 aliphatic heterocycles. The van der Waals surface area contributed by atoms with Crippen LogP contribution < -0.4 is 4.74 Å². The number of rotatable bonds is 7. The second-order valence-corrected chi connectivity index (χ2v) is 7.94. The first kappa shape index (κ1) is 24.4. The van der Waals surface area contributed by atoms with E-state index in [1.54, 1.807) is 0 Å². The van der Waals surface area contributed by atoms with Gasteiger partial charge >= 0.3 is 0 Å². The summed E-state index contributed by atoms with van der Waals surface area (Å²) in [5.41, 5.74) is 1.57. The number of ether oxygens (including phenoxy) is 3. The third-order valence-corrected chi connectivity index (χ3v) is 5.39. The maximum absolute atomic E-state index is 14.0. The molecule has 2 aliphatic rings. The fourth-order valence-corrected chi connectivity index (χ4v) is 3.71. The van der Waals surface area contributed by atoms with Crippen LogP contribution in [-0.4, -0.2) is 26.4 Å². The molecule has 0 radical (unpaired) electrons. The number of benzene rings is 1. The lowest BCUT2D eigenvalue weighted by atomic mass is 9.90. The number of allylic oxidation sites excluding steroid dienone is 3. The molecule has 0 saturated carbocycles. The van der Waals surface area contributed by atoms with E-state index in [0.29, 0.717) is 36.2 Å². The summed E-state index contributed by atoms with van der Waals surface area (Å²) in [6.45, 7) is 7.24. The Morgan fingerprint density at radius 3 is 2.27 bits per heavy atom. The minimum Gasteiger partial charge on any atom is -0.498 e. The van der Waals surface area contributed by atoms with E-state index in [4.69, 9.17) is 14.2 Å². The van der Waals surface area contributed by atoms with Crippen molar-refractivity contribution >= 4 is 0 Å². The summed E-state index contributed by atoms with van der Waals surface area (Å²) in [5.74, 6) is -0.623. The first-order valence-electron chi connectivity index (χ1n) is 11.2. The molecule has 3 rings (SSSR count). The highest BCUT2D eigenvalue weighted by Gasteiger charge is 2.24. The molecule has 0 N–H and O–H groups in total. The molecule has 1 aliphatic carbocycles. The molecule has 1 saturated heterocycles. The fraction of sp³-hybridized carbons (Fsp3) is 0.600. The van der Waals surface area contributed by atoms with E-state index in [2.05, 4.69) is 20.8 Å². The molecule has 1 aromatic carbocycles. The van der Waals surface area contributed by atoms with Gasteiger partial charge in [-0.05, 0) is 43.4 Å². The zero-order valence-corrected chi connectivity index (χ0v) is 18.8. The number of methoxy groups -OCH3 is 1. The van der Waals surface area contributed by atoms with Gasteiger partial charge in [0.25, 0.3) is 0 Å². The Labute approximate surface area is 180 Å². The van der Waals surface area contributed by atoms with Crippen LogP contribution in [-0.2, 0) is 9.47 Å². The van der Waals surface area contributed by atoms with Crippen LogP contribution in [0.1, 0.15) is 77.2 Å². The molecular weight excluding hydrogens is 386 g/mol. The van der Waals surface area contributed by atoms with Gasteiger partial charge in [-0.2, -0.15) is 0 Å². The molecule has 1 heterocycles. The Balaban J connectivity index is 0.00000101. The van der Waals surface area contributed by atoms with Crippen molar-refractivity contribution in [1.29, 1.82) is 0 Å². The molecule has 5 heteroatoms. The van der Waals surface area contributed by atoms with Crippen LogP contribution in [0.15, 0.2) is 47.3 Å². The molecule has 30 heavy (non-hydrogen) atoms. The van der Waals surface area contributed by atoms with Gasteiger partial charge in [-0.15, -0.1) is 0 Å². The van der Waals surface area contributed by atoms with Crippen molar-refractivity contribution in [3.05, 3.63) is 52.8 Å². The van der Waals surface area contributed by atoms with Gasteiger partial charge in [0.2, 0.25) is 0 Å². The molecule has 2 unspecified atom stereocenters. The summed E-state index contributed by atoms with van der Waals surface area (Å²) in [7, 11) is 1.35. The van der Waals surface area contributed by atoms with Gasteiger partial charge in [-0.1, -0.05) is 45.7 Å². The predicted molar refractivity (Wildman–Crippen MR) is 117 cm³/mol. The fourth-order valence-electron chi connectivity index (χ4n) is 3.71. The van der Waals surface area contributed by atoms with Crippen LogP contribution in [0.4, 0.5) is 8.78 Å². The third kappa shape index (κ3) is 6.83. The maximum Gasteiger partial charge on any atom is 0.196 e. The third-order valence-electron chi connectivity index (χ3n) is 5.39. The summed E-state index contributed by atoms with van der Waals surface area (Å²) < 4.78 is 44.3. The van der Waals surface area contributed by atoms with E-state index in [1.807, 2.05) is 24.3 Å². The van der Waals surface area contributed by atoms with E-state index in [0.717, 1.165) is 32.3 Å².